The van der Waals surface area contributed by atoms with Crippen LogP contribution < -0.4 is 4.90 Å². The predicted octanol–water partition coefficient (Wildman–Crippen LogP) is 2.54. The van der Waals surface area contributed by atoms with Crippen molar-refractivity contribution < 1.29 is 4.79 Å². The maximum Gasteiger partial charge on any atom is 0.235 e. The van der Waals surface area contributed by atoms with Crippen molar-refractivity contribution in [3.05, 3.63) is 29.8 Å². The van der Waals surface area contributed by atoms with Crippen molar-refractivity contribution in [2.24, 2.45) is 4.99 Å². The molecule has 4 heteroatoms. The summed E-state index contributed by atoms with van der Waals surface area (Å²) in [5, 5.41) is 0. The van der Waals surface area contributed by atoms with Gasteiger partial charge in [-0.15, -0.1) is 0 Å². The Balaban J connectivity index is 1.67. The van der Waals surface area contributed by atoms with Gasteiger partial charge in [0.25, 0.3) is 0 Å². The van der Waals surface area contributed by atoms with E-state index in [1.165, 1.54) is 5.69 Å². The van der Waals surface area contributed by atoms with Crippen LogP contribution in [-0.2, 0) is 10.3 Å². The third kappa shape index (κ3) is 2.87. The molecule has 0 amide bonds. The molecule has 1 aliphatic heterocycles. The van der Waals surface area contributed by atoms with Gasteiger partial charge >= 0.3 is 0 Å². The molecule has 0 N–H and O–H groups in total. The summed E-state index contributed by atoms with van der Waals surface area (Å²) in [6.07, 6.45) is 3.66. The molecule has 112 valence electrons. The van der Waals surface area contributed by atoms with Gasteiger partial charge < -0.3 is 4.90 Å². The van der Waals surface area contributed by atoms with E-state index < -0.39 is 0 Å². The summed E-state index contributed by atoms with van der Waals surface area (Å²) in [5.41, 5.74) is 2.17. The van der Waals surface area contributed by atoms with E-state index in [-0.39, 0.29) is 5.54 Å². The van der Waals surface area contributed by atoms with Crippen LogP contribution in [0.2, 0.25) is 0 Å². The Bertz CT molecular complexity index is 534. The van der Waals surface area contributed by atoms with Crippen LogP contribution in [0.5, 0.6) is 0 Å². The van der Waals surface area contributed by atoms with Crippen molar-refractivity contribution in [3.63, 3.8) is 0 Å². The number of aliphatic imine (C=N–C) groups is 1. The van der Waals surface area contributed by atoms with E-state index in [4.69, 9.17) is 0 Å². The SMILES string of the molecule is CC(C)N1CCN(c2ccc(C3(N=C=O)CC3)cc2)CC1. The number of piperazine rings is 1. The highest BCUT2D eigenvalue weighted by molar-refractivity contribution is 5.51. The fourth-order valence-electron chi connectivity index (χ4n) is 3.15. The van der Waals surface area contributed by atoms with Crippen molar-refractivity contribution >= 4 is 11.8 Å². The molecule has 1 aromatic carbocycles. The Kier molecular flexibility index (Phi) is 3.83. The number of anilines is 1. The zero-order chi connectivity index (χ0) is 14.9. The average molecular weight is 285 g/mol. The van der Waals surface area contributed by atoms with E-state index in [1.54, 1.807) is 6.08 Å². The second-order valence-corrected chi connectivity index (χ2v) is 6.40. The van der Waals surface area contributed by atoms with Crippen molar-refractivity contribution in [2.45, 2.75) is 38.3 Å². The topological polar surface area (TPSA) is 35.9 Å². The summed E-state index contributed by atoms with van der Waals surface area (Å²) in [4.78, 5) is 19.5. The van der Waals surface area contributed by atoms with Crippen LogP contribution in [0, 0.1) is 0 Å². The zero-order valence-corrected chi connectivity index (χ0v) is 12.9. The molecule has 3 rings (SSSR count). The number of nitrogens with zero attached hydrogens (tertiary/aromatic N) is 3. The Labute approximate surface area is 126 Å². The van der Waals surface area contributed by atoms with Gasteiger partial charge in [-0.1, -0.05) is 12.1 Å². The van der Waals surface area contributed by atoms with E-state index in [9.17, 15) is 4.79 Å². The van der Waals surface area contributed by atoms with Crippen LogP contribution in [0.25, 0.3) is 0 Å². The third-order valence-corrected chi connectivity index (χ3v) is 4.80. The molecule has 4 nitrogen and oxygen atoms in total. The van der Waals surface area contributed by atoms with Crippen LogP contribution in [0.4, 0.5) is 5.69 Å². The number of carbonyl (C=O) groups excluding carboxylic acids is 1. The molecule has 2 aliphatic rings. The Morgan fingerprint density at radius 3 is 2.19 bits per heavy atom. The van der Waals surface area contributed by atoms with Crippen LogP contribution in [0.3, 0.4) is 0 Å². The molecule has 0 radical (unpaired) electrons. The lowest BCUT2D eigenvalue weighted by molar-refractivity contribution is 0.209. The fraction of sp³-hybridized carbons (Fsp3) is 0.588. The standard InChI is InChI=1S/C17H23N3O/c1-14(2)19-9-11-20(12-10-19)16-5-3-15(4-6-16)17(7-8-17)18-13-21/h3-6,14H,7-12H2,1-2H3. The second kappa shape index (κ2) is 5.63. The summed E-state index contributed by atoms with van der Waals surface area (Å²) in [7, 11) is 0. The molecule has 1 aliphatic carbocycles. The number of benzene rings is 1. The van der Waals surface area contributed by atoms with E-state index in [0.717, 1.165) is 44.6 Å². The van der Waals surface area contributed by atoms with E-state index in [0.29, 0.717) is 6.04 Å². The first-order chi connectivity index (χ1) is 10.1. The minimum Gasteiger partial charge on any atom is -0.369 e. The van der Waals surface area contributed by atoms with Crippen LogP contribution in [-0.4, -0.2) is 43.2 Å². The van der Waals surface area contributed by atoms with E-state index >= 15 is 0 Å². The maximum atomic E-state index is 10.5. The summed E-state index contributed by atoms with van der Waals surface area (Å²) in [5.74, 6) is 0. The lowest BCUT2D eigenvalue weighted by Gasteiger charge is -2.38. The molecule has 1 heterocycles. The summed E-state index contributed by atoms with van der Waals surface area (Å²) in [6, 6.07) is 9.21. The van der Waals surface area contributed by atoms with Crippen molar-refractivity contribution in [1.82, 2.24) is 4.90 Å². The number of hydrogen-bond donors (Lipinski definition) is 0. The normalized spacial score (nSPS) is 21.2. The first kappa shape index (κ1) is 14.3. The van der Waals surface area contributed by atoms with Gasteiger partial charge in [-0.05, 0) is 44.4 Å². The predicted molar refractivity (Wildman–Crippen MR) is 84.4 cm³/mol. The largest absolute Gasteiger partial charge is 0.369 e. The Morgan fingerprint density at radius 1 is 1.10 bits per heavy atom. The highest BCUT2D eigenvalue weighted by Crippen LogP contribution is 2.49. The molecular formula is C17H23N3O. The highest BCUT2D eigenvalue weighted by Gasteiger charge is 2.44. The lowest BCUT2D eigenvalue weighted by atomic mass is 10.0. The average Bonchev–Trinajstić information content (AvgIpc) is 3.29. The molecule has 0 atom stereocenters. The monoisotopic (exact) mass is 285 g/mol. The van der Waals surface area contributed by atoms with Gasteiger partial charge in [-0.3, -0.25) is 4.90 Å². The molecule has 2 fully saturated rings. The Morgan fingerprint density at radius 2 is 1.71 bits per heavy atom. The minimum absolute atomic E-state index is 0.253. The highest BCUT2D eigenvalue weighted by atomic mass is 16.1. The molecule has 0 aromatic heterocycles. The minimum atomic E-state index is -0.253. The number of hydrogen-bond acceptors (Lipinski definition) is 4. The molecule has 1 saturated carbocycles. The van der Waals surface area contributed by atoms with Crippen molar-refractivity contribution in [1.29, 1.82) is 0 Å². The first-order valence-corrected chi connectivity index (χ1v) is 7.83. The Hall–Kier alpha value is -1.64. The van der Waals surface area contributed by atoms with Crippen molar-refractivity contribution in [2.75, 3.05) is 31.1 Å². The van der Waals surface area contributed by atoms with E-state index in [2.05, 4.69) is 52.9 Å². The van der Waals surface area contributed by atoms with Gasteiger partial charge in [0.15, 0.2) is 0 Å². The molecule has 21 heavy (non-hydrogen) atoms. The van der Waals surface area contributed by atoms with Gasteiger partial charge in [0.2, 0.25) is 6.08 Å². The lowest BCUT2D eigenvalue weighted by Crippen LogP contribution is -2.48. The molecule has 0 unspecified atom stereocenters. The second-order valence-electron chi connectivity index (χ2n) is 6.40. The maximum absolute atomic E-state index is 10.5. The zero-order valence-electron chi connectivity index (χ0n) is 12.9. The molecule has 1 saturated heterocycles. The van der Waals surface area contributed by atoms with Crippen LogP contribution in [0.1, 0.15) is 32.3 Å². The quantitative estimate of drug-likeness (QED) is 0.630. The molecule has 0 bridgehead atoms. The molecule has 1 aromatic rings. The summed E-state index contributed by atoms with van der Waals surface area (Å²) in [6.45, 7) is 8.92. The van der Waals surface area contributed by atoms with Gasteiger partial charge in [-0.2, -0.15) is 4.99 Å². The number of rotatable bonds is 4. The fourth-order valence-corrected chi connectivity index (χ4v) is 3.15. The summed E-state index contributed by atoms with van der Waals surface area (Å²) >= 11 is 0. The van der Waals surface area contributed by atoms with Gasteiger partial charge in [0.05, 0.1) is 5.54 Å². The van der Waals surface area contributed by atoms with Gasteiger partial charge in [-0.25, -0.2) is 4.79 Å². The van der Waals surface area contributed by atoms with Gasteiger partial charge in [0.1, 0.15) is 0 Å². The van der Waals surface area contributed by atoms with E-state index in [1.807, 2.05) is 0 Å². The third-order valence-electron chi connectivity index (χ3n) is 4.80. The number of isocyanates is 1. The van der Waals surface area contributed by atoms with Crippen LogP contribution in [0.15, 0.2) is 29.3 Å². The molecule has 0 spiro atoms. The van der Waals surface area contributed by atoms with Crippen molar-refractivity contribution in [3.8, 4) is 0 Å². The first-order valence-electron chi connectivity index (χ1n) is 7.83. The van der Waals surface area contributed by atoms with Crippen LogP contribution >= 0.6 is 0 Å². The van der Waals surface area contributed by atoms with Gasteiger partial charge in [0, 0.05) is 37.9 Å². The summed E-state index contributed by atoms with van der Waals surface area (Å²) < 4.78 is 0. The molecular weight excluding hydrogens is 262 g/mol. The smallest absolute Gasteiger partial charge is 0.235 e.